The highest BCUT2D eigenvalue weighted by Crippen LogP contribution is 2.69. The van der Waals surface area contributed by atoms with Crippen molar-refractivity contribution in [2.45, 2.75) is 104 Å². The monoisotopic (exact) mass is 450 g/mol. The Morgan fingerprint density at radius 2 is 1.69 bits per heavy atom. The lowest BCUT2D eigenvalue weighted by molar-refractivity contribution is -0.228. The van der Waals surface area contributed by atoms with E-state index in [9.17, 15) is 25.2 Å². The minimum atomic E-state index is -0.743. The summed E-state index contributed by atoms with van der Waals surface area (Å²) in [6, 6.07) is 0. The van der Waals surface area contributed by atoms with Gasteiger partial charge in [0.25, 0.3) is 0 Å². The van der Waals surface area contributed by atoms with Crippen LogP contribution in [-0.4, -0.2) is 44.7 Å². The number of fused-ring (bicyclic) bond motifs is 5. The first-order chi connectivity index (χ1) is 15.0. The Bertz CT molecular complexity index is 710. The molecule has 4 aliphatic rings. The van der Waals surface area contributed by atoms with Gasteiger partial charge < -0.3 is 20.4 Å². The summed E-state index contributed by atoms with van der Waals surface area (Å²) < 4.78 is 0. The van der Waals surface area contributed by atoms with Gasteiger partial charge in [-0.05, 0) is 97.2 Å². The zero-order chi connectivity index (χ0) is 23.6. The van der Waals surface area contributed by atoms with Crippen LogP contribution in [0, 0.1) is 58.2 Å². The number of hydrogen-bond donors (Lipinski definition) is 4. The number of carboxylic acids is 1. The van der Waals surface area contributed by atoms with E-state index in [1.165, 1.54) is 0 Å². The third-order valence-electron chi connectivity index (χ3n) is 11.4. The topological polar surface area (TPSA) is 98.0 Å². The van der Waals surface area contributed by atoms with Gasteiger partial charge in [-0.1, -0.05) is 41.0 Å². The Morgan fingerprint density at radius 1 is 1.00 bits per heavy atom. The lowest BCUT2D eigenvalue weighted by Gasteiger charge is -2.65. The highest BCUT2D eigenvalue weighted by atomic mass is 16.4. The van der Waals surface area contributed by atoms with Gasteiger partial charge >= 0.3 is 5.97 Å². The minimum absolute atomic E-state index is 0.0631. The minimum Gasteiger partial charge on any atom is -0.481 e. The lowest BCUT2D eigenvalue weighted by Crippen LogP contribution is -2.65. The van der Waals surface area contributed by atoms with Crippen LogP contribution in [0.2, 0.25) is 0 Å². The van der Waals surface area contributed by atoms with Crippen LogP contribution < -0.4 is 0 Å². The van der Waals surface area contributed by atoms with Gasteiger partial charge in [0.15, 0.2) is 0 Å². The molecule has 4 aliphatic carbocycles. The van der Waals surface area contributed by atoms with Gasteiger partial charge in [-0.3, -0.25) is 4.79 Å². The van der Waals surface area contributed by atoms with E-state index in [1.54, 1.807) is 6.92 Å². The molecule has 0 spiro atoms. The first-order valence-electron chi connectivity index (χ1n) is 13.2. The number of rotatable bonds is 5. The molecule has 0 radical (unpaired) electrons. The van der Waals surface area contributed by atoms with Crippen molar-refractivity contribution in [2.75, 3.05) is 0 Å². The molecule has 0 saturated heterocycles. The van der Waals surface area contributed by atoms with Crippen LogP contribution in [0.25, 0.3) is 0 Å². The molecular formula is C27H46O5. The quantitative estimate of drug-likeness (QED) is 0.500. The predicted octanol–water partition coefficient (Wildman–Crippen LogP) is 4.33. The van der Waals surface area contributed by atoms with Gasteiger partial charge in [0.05, 0.1) is 24.2 Å². The molecule has 0 bridgehead atoms. The zero-order valence-corrected chi connectivity index (χ0v) is 20.7. The van der Waals surface area contributed by atoms with E-state index in [-0.39, 0.29) is 64.5 Å². The number of aliphatic hydroxyl groups is 3. The highest BCUT2D eigenvalue weighted by molar-refractivity contribution is 5.69. The molecule has 4 saturated carbocycles. The van der Waals surface area contributed by atoms with Crippen LogP contribution >= 0.6 is 0 Å². The summed E-state index contributed by atoms with van der Waals surface area (Å²) >= 11 is 0. The molecular weight excluding hydrogens is 404 g/mol. The molecule has 184 valence electrons. The number of hydrogen-bond acceptors (Lipinski definition) is 4. The van der Waals surface area contributed by atoms with Gasteiger partial charge in [-0.15, -0.1) is 0 Å². The average Bonchev–Trinajstić information content (AvgIpc) is 3.09. The smallest absolute Gasteiger partial charge is 0.306 e. The van der Waals surface area contributed by atoms with E-state index in [0.29, 0.717) is 12.3 Å². The maximum Gasteiger partial charge on any atom is 0.306 e. The fraction of sp³-hybridized carbons (Fsp3) is 0.963. The van der Waals surface area contributed by atoms with Crippen LogP contribution in [0.1, 0.15) is 86.0 Å². The summed E-state index contributed by atoms with van der Waals surface area (Å²) in [6.45, 7) is 10.8. The molecule has 0 amide bonds. The van der Waals surface area contributed by atoms with Gasteiger partial charge in [-0.25, -0.2) is 0 Å². The molecule has 0 aromatic rings. The zero-order valence-electron chi connectivity index (χ0n) is 20.7. The summed E-state index contributed by atoms with van der Waals surface area (Å²) in [4.78, 5) is 11.5. The molecule has 13 atom stereocenters. The fourth-order valence-electron chi connectivity index (χ4n) is 9.71. The predicted molar refractivity (Wildman–Crippen MR) is 124 cm³/mol. The number of carbonyl (C=O) groups is 1. The SMILES string of the molecule is CC[C@H]1[C@H](O)C2C3CC[C@H]([C@@H](C)C[C@H](C)C(=O)O)[C@@]3(C)[C@@H](O)CC2[C@@]2(C)CC[C@@H](O)C[C@@H]12. The van der Waals surface area contributed by atoms with E-state index in [0.717, 1.165) is 44.9 Å². The molecule has 4 N–H and O–H groups in total. The Labute approximate surface area is 194 Å². The van der Waals surface area contributed by atoms with Crippen LogP contribution in [0.4, 0.5) is 0 Å². The molecule has 5 heteroatoms. The summed E-state index contributed by atoms with van der Waals surface area (Å²) in [7, 11) is 0. The Balaban J connectivity index is 1.66. The molecule has 5 nitrogen and oxygen atoms in total. The van der Waals surface area contributed by atoms with Gasteiger partial charge in [0.2, 0.25) is 0 Å². The standard InChI is InChI=1S/C27H46O5/c1-6-17-20-12-16(28)9-10-26(20,4)21-13-22(29)27(5)18(14(2)11-15(3)25(31)32)7-8-19(27)23(21)24(17)30/h14-24,28-30H,6-13H2,1-5H3,(H,31,32)/t14-,15-,16+,17+,18+,19?,20-,21?,22-,23?,24-,26-,27+/m0/s1. The molecule has 0 aliphatic heterocycles. The van der Waals surface area contributed by atoms with Crippen molar-refractivity contribution in [1.82, 2.24) is 0 Å². The average molecular weight is 451 g/mol. The van der Waals surface area contributed by atoms with Crippen molar-refractivity contribution in [2.24, 2.45) is 58.2 Å². The van der Waals surface area contributed by atoms with E-state index >= 15 is 0 Å². The highest BCUT2D eigenvalue weighted by Gasteiger charge is 2.67. The Morgan fingerprint density at radius 3 is 2.31 bits per heavy atom. The largest absolute Gasteiger partial charge is 0.481 e. The van der Waals surface area contributed by atoms with E-state index < -0.39 is 12.1 Å². The number of aliphatic carboxylic acids is 1. The van der Waals surface area contributed by atoms with Gasteiger partial charge in [0, 0.05) is 0 Å². The van der Waals surface area contributed by atoms with Crippen molar-refractivity contribution in [1.29, 1.82) is 0 Å². The fourth-order valence-corrected chi connectivity index (χ4v) is 9.71. The summed E-state index contributed by atoms with van der Waals surface area (Å²) in [6.07, 6.45) is 5.85. The molecule has 3 unspecified atom stereocenters. The van der Waals surface area contributed by atoms with E-state index in [1.807, 2.05) is 0 Å². The molecule has 0 aromatic heterocycles. The molecule has 0 aromatic carbocycles. The van der Waals surface area contributed by atoms with Gasteiger partial charge in [0.1, 0.15) is 0 Å². The molecule has 4 fully saturated rings. The maximum absolute atomic E-state index is 11.8. The maximum atomic E-state index is 11.8. The summed E-state index contributed by atoms with van der Waals surface area (Å²) in [5.41, 5.74) is -0.205. The number of carboxylic acid groups (broad SMARTS) is 1. The molecule has 32 heavy (non-hydrogen) atoms. The van der Waals surface area contributed by atoms with Crippen LogP contribution in [0.3, 0.4) is 0 Å². The van der Waals surface area contributed by atoms with Crippen molar-refractivity contribution >= 4 is 5.97 Å². The van der Waals surface area contributed by atoms with Crippen molar-refractivity contribution in [3.05, 3.63) is 0 Å². The second kappa shape index (κ2) is 8.53. The number of aliphatic hydroxyl groups excluding tert-OH is 3. The normalized spacial score (nSPS) is 52.4. The van der Waals surface area contributed by atoms with E-state index in [2.05, 4.69) is 27.7 Å². The van der Waals surface area contributed by atoms with Gasteiger partial charge in [-0.2, -0.15) is 0 Å². The molecule has 4 rings (SSSR count). The Hall–Kier alpha value is -0.650. The summed E-state index contributed by atoms with van der Waals surface area (Å²) in [5, 5.41) is 43.3. The van der Waals surface area contributed by atoms with Crippen molar-refractivity contribution in [3.8, 4) is 0 Å². The third-order valence-corrected chi connectivity index (χ3v) is 11.4. The van der Waals surface area contributed by atoms with Crippen LogP contribution in [0.5, 0.6) is 0 Å². The van der Waals surface area contributed by atoms with E-state index in [4.69, 9.17) is 0 Å². The van der Waals surface area contributed by atoms with Crippen LogP contribution in [-0.2, 0) is 4.79 Å². The lowest BCUT2D eigenvalue weighted by atomic mass is 9.41. The van der Waals surface area contributed by atoms with Crippen LogP contribution in [0.15, 0.2) is 0 Å². The first-order valence-corrected chi connectivity index (χ1v) is 13.2. The third kappa shape index (κ3) is 3.48. The second-order valence-electron chi connectivity index (χ2n) is 12.6. The summed E-state index contributed by atoms with van der Waals surface area (Å²) in [5.74, 6) is 0.687. The molecule has 0 heterocycles. The Kier molecular flexibility index (Phi) is 6.53. The van der Waals surface area contributed by atoms with Crippen molar-refractivity contribution in [3.63, 3.8) is 0 Å². The first kappa shape index (κ1) is 24.5. The second-order valence-corrected chi connectivity index (χ2v) is 12.6. The van der Waals surface area contributed by atoms with Crippen molar-refractivity contribution < 1.29 is 25.2 Å².